The number of alkyl halides is 2. The van der Waals surface area contributed by atoms with Crippen LogP contribution in [0.25, 0.3) is 0 Å². The van der Waals surface area contributed by atoms with Crippen molar-refractivity contribution >= 4 is 12.4 Å². The minimum absolute atomic E-state index is 0. The van der Waals surface area contributed by atoms with E-state index in [0.717, 1.165) is 5.56 Å². The highest BCUT2D eigenvalue weighted by Gasteiger charge is 2.43. The fourth-order valence-corrected chi connectivity index (χ4v) is 1.81. The second-order valence-electron chi connectivity index (χ2n) is 3.71. The van der Waals surface area contributed by atoms with Gasteiger partial charge in [0.25, 0.3) is 5.92 Å². The molecule has 1 fully saturated rings. The first-order valence-corrected chi connectivity index (χ1v) is 4.83. The highest BCUT2D eigenvalue weighted by atomic mass is 35.5. The Hall–Kier alpha value is -0.670. The van der Waals surface area contributed by atoms with Crippen LogP contribution < -0.4 is 5.32 Å². The molecule has 0 amide bonds. The topological polar surface area (TPSA) is 12.0 Å². The molecule has 1 saturated heterocycles. The average Bonchev–Trinajstić information content (AvgIpc) is 2.48. The molecular formula is C11H14ClF2N. The SMILES string of the molecule is Cl.FC1(F)CCNC1Cc1ccccc1. The molecule has 1 aliphatic heterocycles. The largest absolute Gasteiger partial charge is 0.308 e. The number of hydrogen-bond acceptors (Lipinski definition) is 1. The molecule has 15 heavy (non-hydrogen) atoms. The van der Waals surface area contributed by atoms with Crippen LogP contribution in [0.1, 0.15) is 12.0 Å². The van der Waals surface area contributed by atoms with Crippen LogP contribution in [0, 0.1) is 0 Å². The van der Waals surface area contributed by atoms with Gasteiger partial charge in [-0.25, -0.2) is 8.78 Å². The van der Waals surface area contributed by atoms with E-state index in [4.69, 9.17) is 0 Å². The summed E-state index contributed by atoms with van der Waals surface area (Å²) in [7, 11) is 0. The summed E-state index contributed by atoms with van der Waals surface area (Å²) in [4.78, 5) is 0. The fourth-order valence-electron chi connectivity index (χ4n) is 1.81. The third-order valence-electron chi connectivity index (χ3n) is 2.64. The highest BCUT2D eigenvalue weighted by Crippen LogP contribution is 2.29. The second kappa shape index (κ2) is 4.90. The molecule has 84 valence electrons. The zero-order chi connectivity index (χ0) is 10.0. The molecule has 4 heteroatoms. The van der Waals surface area contributed by atoms with Crippen LogP contribution in [0.3, 0.4) is 0 Å². The van der Waals surface area contributed by atoms with Crippen molar-refractivity contribution in [3.05, 3.63) is 35.9 Å². The lowest BCUT2D eigenvalue weighted by atomic mass is 10.0. The van der Waals surface area contributed by atoms with Gasteiger partial charge in [-0.05, 0) is 12.0 Å². The molecule has 0 saturated carbocycles. The zero-order valence-corrected chi connectivity index (χ0v) is 9.07. The van der Waals surface area contributed by atoms with Crippen LogP contribution in [0.4, 0.5) is 8.78 Å². The normalized spacial score (nSPS) is 23.5. The third-order valence-corrected chi connectivity index (χ3v) is 2.64. The quantitative estimate of drug-likeness (QED) is 0.828. The van der Waals surface area contributed by atoms with Crippen LogP contribution in [-0.2, 0) is 6.42 Å². The average molecular weight is 234 g/mol. The van der Waals surface area contributed by atoms with E-state index in [2.05, 4.69) is 5.32 Å². The van der Waals surface area contributed by atoms with Crippen molar-refractivity contribution in [1.29, 1.82) is 0 Å². The Labute approximate surface area is 94.3 Å². The summed E-state index contributed by atoms with van der Waals surface area (Å²) >= 11 is 0. The van der Waals surface area contributed by atoms with Crippen molar-refractivity contribution in [2.24, 2.45) is 0 Å². The molecule has 0 aliphatic carbocycles. The molecule has 1 unspecified atom stereocenters. The summed E-state index contributed by atoms with van der Waals surface area (Å²) in [6, 6.07) is 8.73. The van der Waals surface area contributed by atoms with Crippen molar-refractivity contribution in [2.45, 2.75) is 24.8 Å². The molecule has 1 aromatic rings. The van der Waals surface area contributed by atoms with Crippen LogP contribution in [0.2, 0.25) is 0 Å². The van der Waals surface area contributed by atoms with Crippen molar-refractivity contribution in [3.8, 4) is 0 Å². The minimum Gasteiger partial charge on any atom is -0.308 e. The maximum absolute atomic E-state index is 13.2. The number of nitrogens with one attached hydrogen (secondary N) is 1. The third kappa shape index (κ3) is 2.89. The smallest absolute Gasteiger partial charge is 0.264 e. The lowest BCUT2D eigenvalue weighted by Gasteiger charge is -2.18. The summed E-state index contributed by atoms with van der Waals surface area (Å²) in [6.07, 6.45) is 0.373. The molecule has 1 N–H and O–H groups in total. The van der Waals surface area contributed by atoms with Crippen molar-refractivity contribution in [2.75, 3.05) is 6.54 Å². The molecule has 1 heterocycles. The first-order chi connectivity index (χ1) is 6.68. The fraction of sp³-hybridized carbons (Fsp3) is 0.455. The maximum atomic E-state index is 13.2. The molecule has 0 aromatic heterocycles. The lowest BCUT2D eigenvalue weighted by molar-refractivity contribution is -0.0106. The Balaban J connectivity index is 0.00000112. The summed E-state index contributed by atoms with van der Waals surface area (Å²) in [5, 5.41) is 2.85. The van der Waals surface area contributed by atoms with Gasteiger partial charge in [0, 0.05) is 13.0 Å². The number of benzene rings is 1. The Bertz CT molecular complexity index is 303. The molecule has 1 aromatic carbocycles. The molecule has 0 bridgehead atoms. The Kier molecular flexibility index (Phi) is 4.05. The lowest BCUT2D eigenvalue weighted by Crippen LogP contribution is -2.37. The van der Waals surface area contributed by atoms with Gasteiger partial charge >= 0.3 is 0 Å². The number of hydrogen-bond donors (Lipinski definition) is 1. The standard InChI is InChI=1S/C11H13F2N.ClH/c12-11(13)6-7-14-10(11)8-9-4-2-1-3-5-9;/h1-5,10,14H,6-8H2;1H. The van der Waals surface area contributed by atoms with Gasteiger partial charge in [-0.1, -0.05) is 30.3 Å². The van der Waals surface area contributed by atoms with Gasteiger partial charge < -0.3 is 5.32 Å². The van der Waals surface area contributed by atoms with Gasteiger partial charge in [-0.15, -0.1) is 12.4 Å². The zero-order valence-electron chi connectivity index (χ0n) is 8.25. The first-order valence-electron chi connectivity index (χ1n) is 4.83. The van der Waals surface area contributed by atoms with Crippen molar-refractivity contribution in [3.63, 3.8) is 0 Å². The van der Waals surface area contributed by atoms with Crippen LogP contribution in [-0.4, -0.2) is 18.5 Å². The van der Waals surface area contributed by atoms with Crippen molar-refractivity contribution in [1.82, 2.24) is 5.32 Å². The number of halogens is 3. The molecule has 2 rings (SSSR count). The van der Waals surface area contributed by atoms with E-state index in [9.17, 15) is 8.78 Å². The van der Waals surface area contributed by atoms with Crippen LogP contribution in [0.15, 0.2) is 30.3 Å². The maximum Gasteiger partial charge on any atom is 0.264 e. The predicted molar refractivity (Wildman–Crippen MR) is 58.7 cm³/mol. The molecule has 1 atom stereocenters. The molecular weight excluding hydrogens is 220 g/mol. The van der Waals surface area contributed by atoms with Crippen molar-refractivity contribution < 1.29 is 8.78 Å². The highest BCUT2D eigenvalue weighted by molar-refractivity contribution is 5.85. The van der Waals surface area contributed by atoms with Gasteiger partial charge in [0.05, 0.1) is 6.04 Å². The minimum atomic E-state index is -2.55. The van der Waals surface area contributed by atoms with Gasteiger partial charge in [0.1, 0.15) is 0 Å². The van der Waals surface area contributed by atoms with Crippen LogP contribution >= 0.6 is 12.4 Å². The van der Waals surface area contributed by atoms with E-state index in [1.54, 1.807) is 0 Å². The summed E-state index contributed by atoms with van der Waals surface area (Å²) < 4.78 is 26.5. The van der Waals surface area contributed by atoms with Gasteiger partial charge in [0.2, 0.25) is 0 Å². The van der Waals surface area contributed by atoms with E-state index >= 15 is 0 Å². The van der Waals surface area contributed by atoms with Gasteiger partial charge in [0.15, 0.2) is 0 Å². The Morgan fingerprint density at radius 2 is 1.93 bits per heavy atom. The first kappa shape index (κ1) is 12.4. The Morgan fingerprint density at radius 3 is 2.47 bits per heavy atom. The van der Waals surface area contributed by atoms with Gasteiger partial charge in [-0.2, -0.15) is 0 Å². The van der Waals surface area contributed by atoms with E-state index in [-0.39, 0.29) is 18.8 Å². The molecule has 1 nitrogen and oxygen atoms in total. The van der Waals surface area contributed by atoms with E-state index in [1.807, 2.05) is 30.3 Å². The molecule has 0 radical (unpaired) electrons. The summed E-state index contributed by atoms with van der Waals surface area (Å²) in [5.41, 5.74) is 0.964. The number of rotatable bonds is 2. The van der Waals surface area contributed by atoms with Crippen LogP contribution in [0.5, 0.6) is 0 Å². The van der Waals surface area contributed by atoms with Gasteiger partial charge in [-0.3, -0.25) is 0 Å². The summed E-state index contributed by atoms with van der Waals surface area (Å²) in [5.74, 6) is -2.55. The molecule has 1 aliphatic rings. The van der Waals surface area contributed by atoms with E-state index in [0.29, 0.717) is 13.0 Å². The summed E-state index contributed by atoms with van der Waals surface area (Å²) in [6.45, 7) is 0.421. The molecule has 0 spiro atoms. The van der Waals surface area contributed by atoms with E-state index < -0.39 is 12.0 Å². The Morgan fingerprint density at radius 1 is 1.27 bits per heavy atom. The second-order valence-corrected chi connectivity index (χ2v) is 3.71. The van der Waals surface area contributed by atoms with E-state index in [1.165, 1.54) is 0 Å². The predicted octanol–water partition coefficient (Wildman–Crippen LogP) is 2.65. The monoisotopic (exact) mass is 233 g/mol.